The topological polar surface area (TPSA) is 65.5 Å². The van der Waals surface area contributed by atoms with E-state index in [1.807, 2.05) is 49.7 Å². The molecule has 0 saturated carbocycles. The third-order valence-corrected chi connectivity index (χ3v) is 4.91. The van der Waals surface area contributed by atoms with E-state index in [-0.39, 0.29) is 24.4 Å². The number of amides is 2. The van der Waals surface area contributed by atoms with Gasteiger partial charge >= 0.3 is 0 Å². The van der Waals surface area contributed by atoms with Gasteiger partial charge in [-0.2, -0.15) is 0 Å². The van der Waals surface area contributed by atoms with Crippen molar-refractivity contribution >= 4 is 34.0 Å². The van der Waals surface area contributed by atoms with E-state index in [0.717, 1.165) is 11.4 Å². The molecule has 0 radical (unpaired) electrons. The molecule has 2 amide bonds. The molecule has 2 aromatic rings. The van der Waals surface area contributed by atoms with Crippen LogP contribution in [0.15, 0.2) is 35.7 Å². The van der Waals surface area contributed by atoms with Gasteiger partial charge in [0.25, 0.3) is 0 Å². The van der Waals surface area contributed by atoms with Crippen LogP contribution in [-0.2, 0) is 9.59 Å². The van der Waals surface area contributed by atoms with Crippen molar-refractivity contribution in [3.8, 4) is 0 Å². The standard InChI is InChI=1S/C17H20N4O2S/c1-12-11-24-17(18-12)19-15(22)10-20(2)14-8-9-21(16(14)23)13-6-4-3-5-7-13/h3-7,11,14H,8-10H2,1-2H3,(H,18,19,22)/t14-/m1/s1. The molecular formula is C17H20N4O2S. The van der Waals surface area contributed by atoms with Crippen LogP contribution in [0.3, 0.4) is 0 Å². The summed E-state index contributed by atoms with van der Waals surface area (Å²) in [6, 6.07) is 9.36. The molecule has 0 aliphatic carbocycles. The zero-order valence-electron chi connectivity index (χ0n) is 13.7. The molecule has 1 aliphatic heterocycles. The van der Waals surface area contributed by atoms with Crippen molar-refractivity contribution in [2.45, 2.75) is 19.4 Å². The van der Waals surface area contributed by atoms with Crippen molar-refractivity contribution in [1.82, 2.24) is 9.88 Å². The van der Waals surface area contributed by atoms with Crippen molar-refractivity contribution < 1.29 is 9.59 Å². The zero-order valence-corrected chi connectivity index (χ0v) is 14.5. The number of hydrogen-bond donors (Lipinski definition) is 1. The van der Waals surface area contributed by atoms with E-state index in [1.54, 1.807) is 9.80 Å². The van der Waals surface area contributed by atoms with Crippen LogP contribution in [0.2, 0.25) is 0 Å². The number of anilines is 2. The number of carbonyl (C=O) groups excluding carboxylic acids is 2. The molecule has 24 heavy (non-hydrogen) atoms. The maximum absolute atomic E-state index is 12.6. The number of carbonyl (C=O) groups is 2. The number of aromatic nitrogens is 1. The first-order chi connectivity index (χ1) is 11.5. The number of rotatable bonds is 5. The monoisotopic (exact) mass is 344 g/mol. The lowest BCUT2D eigenvalue weighted by Crippen LogP contribution is -2.43. The Hall–Kier alpha value is -2.25. The quantitative estimate of drug-likeness (QED) is 0.902. The molecule has 126 valence electrons. The molecule has 1 atom stereocenters. The lowest BCUT2D eigenvalue weighted by Gasteiger charge is -2.23. The van der Waals surface area contributed by atoms with Gasteiger partial charge in [-0.3, -0.25) is 14.5 Å². The minimum atomic E-state index is -0.269. The molecule has 0 spiro atoms. The largest absolute Gasteiger partial charge is 0.311 e. The second-order valence-electron chi connectivity index (χ2n) is 5.89. The van der Waals surface area contributed by atoms with Gasteiger partial charge in [0.15, 0.2) is 5.13 Å². The Labute approximate surface area is 145 Å². The molecule has 7 heteroatoms. The summed E-state index contributed by atoms with van der Waals surface area (Å²) in [5.74, 6) is -0.112. The average molecular weight is 344 g/mol. The molecule has 2 heterocycles. The van der Waals surface area contributed by atoms with Crippen molar-refractivity contribution in [3.05, 3.63) is 41.4 Å². The summed E-state index contributed by atoms with van der Waals surface area (Å²) < 4.78 is 0. The van der Waals surface area contributed by atoms with Gasteiger partial charge in [-0.25, -0.2) is 4.98 Å². The first kappa shape index (κ1) is 16.6. The summed E-state index contributed by atoms with van der Waals surface area (Å²) in [7, 11) is 1.81. The maximum atomic E-state index is 12.6. The molecule has 0 bridgehead atoms. The predicted molar refractivity (Wildman–Crippen MR) is 95.3 cm³/mol. The first-order valence-corrected chi connectivity index (χ1v) is 8.71. The van der Waals surface area contributed by atoms with E-state index >= 15 is 0 Å². The summed E-state index contributed by atoms with van der Waals surface area (Å²) >= 11 is 1.40. The molecule has 0 unspecified atom stereocenters. The van der Waals surface area contributed by atoms with Crippen molar-refractivity contribution in [1.29, 1.82) is 0 Å². The Bertz CT molecular complexity index is 731. The molecule has 1 aromatic carbocycles. The maximum Gasteiger partial charge on any atom is 0.244 e. The van der Waals surface area contributed by atoms with Crippen LogP contribution in [0.1, 0.15) is 12.1 Å². The van der Waals surface area contributed by atoms with Crippen molar-refractivity contribution in [2.24, 2.45) is 0 Å². The second kappa shape index (κ2) is 7.11. The molecule has 1 saturated heterocycles. The fourth-order valence-corrected chi connectivity index (χ4v) is 3.55. The lowest BCUT2D eigenvalue weighted by atomic mass is 10.2. The van der Waals surface area contributed by atoms with Crippen LogP contribution in [0.25, 0.3) is 0 Å². The average Bonchev–Trinajstić information content (AvgIpc) is 3.13. The Balaban J connectivity index is 1.58. The minimum absolute atomic E-state index is 0.0431. The number of nitrogens with one attached hydrogen (secondary N) is 1. The Kier molecular flexibility index (Phi) is 4.92. The highest BCUT2D eigenvalue weighted by atomic mass is 32.1. The van der Waals surface area contributed by atoms with Crippen LogP contribution in [0.4, 0.5) is 10.8 Å². The first-order valence-electron chi connectivity index (χ1n) is 7.83. The van der Waals surface area contributed by atoms with Gasteiger partial charge in [0.05, 0.1) is 18.3 Å². The molecule has 1 aliphatic rings. The fourth-order valence-electron chi connectivity index (χ4n) is 2.85. The third-order valence-electron chi connectivity index (χ3n) is 4.04. The van der Waals surface area contributed by atoms with Crippen LogP contribution in [-0.4, -0.2) is 47.9 Å². The van der Waals surface area contributed by atoms with E-state index in [1.165, 1.54) is 11.3 Å². The van der Waals surface area contributed by atoms with E-state index in [0.29, 0.717) is 18.1 Å². The minimum Gasteiger partial charge on any atom is -0.311 e. The van der Waals surface area contributed by atoms with Crippen molar-refractivity contribution in [3.63, 3.8) is 0 Å². The number of para-hydroxylation sites is 1. The molecular weight excluding hydrogens is 324 g/mol. The van der Waals surface area contributed by atoms with Gasteiger partial charge in [-0.15, -0.1) is 11.3 Å². The summed E-state index contributed by atoms with van der Waals surface area (Å²) in [6.07, 6.45) is 0.716. The number of benzene rings is 1. The van der Waals surface area contributed by atoms with Gasteiger partial charge in [0, 0.05) is 17.6 Å². The van der Waals surface area contributed by atoms with Gasteiger partial charge in [0.2, 0.25) is 11.8 Å². The summed E-state index contributed by atoms with van der Waals surface area (Å²) in [6.45, 7) is 2.72. The smallest absolute Gasteiger partial charge is 0.244 e. The van der Waals surface area contributed by atoms with Crippen LogP contribution >= 0.6 is 11.3 Å². The second-order valence-corrected chi connectivity index (χ2v) is 6.75. The lowest BCUT2D eigenvalue weighted by molar-refractivity contribution is -0.123. The molecule has 6 nitrogen and oxygen atoms in total. The van der Waals surface area contributed by atoms with E-state index < -0.39 is 0 Å². The highest BCUT2D eigenvalue weighted by Crippen LogP contribution is 2.23. The fraction of sp³-hybridized carbons (Fsp3) is 0.353. The highest BCUT2D eigenvalue weighted by Gasteiger charge is 2.35. The molecule has 1 fully saturated rings. The van der Waals surface area contributed by atoms with E-state index in [2.05, 4.69) is 10.3 Å². The molecule has 1 N–H and O–H groups in total. The van der Waals surface area contributed by atoms with Crippen LogP contribution < -0.4 is 10.2 Å². The zero-order chi connectivity index (χ0) is 17.1. The van der Waals surface area contributed by atoms with Crippen LogP contribution in [0.5, 0.6) is 0 Å². The Morgan fingerprint density at radius 1 is 1.42 bits per heavy atom. The predicted octanol–water partition coefficient (Wildman–Crippen LogP) is 2.13. The van der Waals surface area contributed by atoms with E-state index in [9.17, 15) is 9.59 Å². The number of hydrogen-bond acceptors (Lipinski definition) is 5. The van der Waals surface area contributed by atoms with Gasteiger partial charge in [-0.1, -0.05) is 18.2 Å². The Morgan fingerprint density at radius 2 is 2.17 bits per heavy atom. The summed E-state index contributed by atoms with van der Waals surface area (Å²) in [5.41, 5.74) is 1.79. The number of thiazole rings is 1. The molecule has 3 rings (SSSR count). The number of likely N-dealkylation sites (N-methyl/N-ethyl adjacent to an activating group) is 1. The number of aryl methyl sites for hydroxylation is 1. The molecule has 1 aromatic heterocycles. The summed E-state index contributed by atoms with van der Waals surface area (Å²) in [4.78, 5) is 32.6. The summed E-state index contributed by atoms with van der Waals surface area (Å²) in [5, 5.41) is 5.26. The third kappa shape index (κ3) is 3.63. The number of nitrogens with zero attached hydrogens (tertiary/aromatic N) is 3. The SMILES string of the molecule is Cc1csc(NC(=O)CN(C)[C@@H]2CCN(c3ccccc3)C2=O)n1. The highest BCUT2D eigenvalue weighted by molar-refractivity contribution is 7.13. The van der Waals surface area contributed by atoms with Gasteiger partial charge < -0.3 is 10.2 Å². The van der Waals surface area contributed by atoms with Crippen molar-refractivity contribution in [2.75, 3.05) is 30.4 Å². The van der Waals surface area contributed by atoms with Crippen LogP contribution in [0, 0.1) is 6.92 Å². The van der Waals surface area contributed by atoms with Gasteiger partial charge in [-0.05, 0) is 32.5 Å². The Morgan fingerprint density at radius 3 is 2.83 bits per heavy atom. The normalized spacial score (nSPS) is 17.5. The van der Waals surface area contributed by atoms with Gasteiger partial charge in [0.1, 0.15) is 0 Å². The van der Waals surface area contributed by atoms with E-state index in [4.69, 9.17) is 0 Å².